The maximum Gasteiger partial charge on any atom is 0.129 e. The van der Waals surface area contributed by atoms with Gasteiger partial charge in [-0.15, -0.1) is 11.8 Å². The number of benzene rings is 4. The van der Waals surface area contributed by atoms with Crippen LogP contribution in [0.15, 0.2) is 89.9 Å². The van der Waals surface area contributed by atoms with Crippen LogP contribution in [0.2, 0.25) is 0 Å². The maximum atomic E-state index is 15.7. The monoisotopic (exact) mass is 629 g/mol. The number of aliphatic imine (C=N–C) groups is 1. The summed E-state index contributed by atoms with van der Waals surface area (Å²) in [6.07, 6.45) is 0.765. The van der Waals surface area contributed by atoms with E-state index in [1.807, 2.05) is 61.5 Å². The Balaban J connectivity index is 1.42. The standard InChI is InChI=1S/C36H40FN3O4S/c1-36(39-35(18-19-45-36)38-22-27-10-16-31(43-4)21-34(27)44-5)32-20-28(11-17-33(32)37)40(23-25-6-12-29(41-2)13-7-25)24-26-8-14-30(42-3)15-9-26/h6-17,20-21H,18-19,22-24H2,1-5H3,(H,38,39). The molecule has 0 amide bonds. The Kier molecular flexibility index (Phi) is 10.4. The molecule has 1 atom stereocenters. The normalized spacial score (nSPS) is 17.0. The molecular weight excluding hydrogens is 589 g/mol. The van der Waals surface area contributed by atoms with E-state index >= 15 is 4.39 Å². The minimum atomic E-state index is -0.701. The summed E-state index contributed by atoms with van der Waals surface area (Å²) in [4.78, 5) is 6.44. The van der Waals surface area contributed by atoms with Crippen molar-refractivity contribution in [3.63, 3.8) is 0 Å². The summed E-state index contributed by atoms with van der Waals surface area (Å²) in [7, 11) is 6.59. The van der Waals surface area contributed by atoms with Gasteiger partial charge in [0.05, 0.1) is 40.8 Å². The van der Waals surface area contributed by atoms with Crippen molar-refractivity contribution in [1.29, 1.82) is 0 Å². The Morgan fingerprint density at radius 2 is 1.38 bits per heavy atom. The summed E-state index contributed by atoms with van der Waals surface area (Å²) in [5, 5.41) is 3.57. The van der Waals surface area contributed by atoms with E-state index in [0.717, 1.165) is 63.4 Å². The van der Waals surface area contributed by atoms with Gasteiger partial charge in [-0.25, -0.2) is 4.39 Å². The summed E-state index contributed by atoms with van der Waals surface area (Å²) in [5.74, 6) is 4.46. The van der Waals surface area contributed by atoms with Crippen LogP contribution in [0.4, 0.5) is 10.1 Å². The number of thioether (sulfide) groups is 1. The van der Waals surface area contributed by atoms with E-state index in [1.54, 1.807) is 46.3 Å². The molecule has 45 heavy (non-hydrogen) atoms. The Bertz CT molecular complexity index is 1560. The molecule has 1 N–H and O–H groups in total. The molecule has 1 fully saturated rings. The molecule has 1 unspecified atom stereocenters. The van der Waals surface area contributed by atoms with Crippen LogP contribution in [-0.2, 0) is 24.5 Å². The van der Waals surface area contributed by atoms with E-state index in [-0.39, 0.29) is 5.82 Å². The first-order chi connectivity index (χ1) is 21.8. The first kappa shape index (κ1) is 32.0. The molecule has 4 aromatic carbocycles. The van der Waals surface area contributed by atoms with Crippen LogP contribution in [-0.4, -0.2) is 40.0 Å². The average molecular weight is 630 g/mol. The predicted molar refractivity (Wildman–Crippen MR) is 181 cm³/mol. The minimum absolute atomic E-state index is 0.256. The second kappa shape index (κ2) is 14.6. The molecule has 0 radical (unpaired) electrons. The molecule has 0 spiro atoms. The molecule has 0 aliphatic carbocycles. The van der Waals surface area contributed by atoms with Gasteiger partial charge in [0.1, 0.15) is 33.7 Å². The molecule has 1 aliphatic rings. The zero-order valence-corrected chi connectivity index (χ0v) is 27.2. The average Bonchev–Trinajstić information content (AvgIpc) is 3.07. The van der Waals surface area contributed by atoms with Gasteiger partial charge in [-0.1, -0.05) is 24.3 Å². The zero-order valence-electron chi connectivity index (χ0n) is 26.4. The second-order valence-electron chi connectivity index (χ2n) is 10.9. The molecule has 9 heteroatoms. The highest BCUT2D eigenvalue weighted by Gasteiger charge is 2.35. The highest BCUT2D eigenvalue weighted by atomic mass is 32.2. The first-order valence-corrected chi connectivity index (χ1v) is 15.8. The number of nitrogens with zero attached hydrogens (tertiary/aromatic N) is 2. The van der Waals surface area contributed by atoms with Crippen molar-refractivity contribution < 1.29 is 23.3 Å². The number of anilines is 1. The van der Waals surface area contributed by atoms with Gasteiger partial charge in [-0.3, -0.25) is 4.99 Å². The van der Waals surface area contributed by atoms with E-state index < -0.39 is 4.87 Å². The van der Waals surface area contributed by atoms with Gasteiger partial charge in [0, 0.05) is 48.1 Å². The Morgan fingerprint density at radius 1 is 0.778 bits per heavy atom. The molecule has 7 nitrogen and oxygen atoms in total. The molecule has 1 saturated heterocycles. The van der Waals surface area contributed by atoms with E-state index in [0.29, 0.717) is 25.2 Å². The van der Waals surface area contributed by atoms with Crippen molar-refractivity contribution in [2.45, 2.75) is 37.8 Å². The van der Waals surface area contributed by atoms with Crippen LogP contribution < -0.4 is 29.2 Å². The number of hydrogen-bond acceptors (Lipinski definition) is 7. The topological polar surface area (TPSA) is 64.6 Å². The molecule has 236 valence electrons. The molecule has 0 bridgehead atoms. The van der Waals surface area contributed by atoms with Crippen molar-refractivity contribution in [1.82, 2.24) is 5.32 Å². The molecule has 1 aliphatic heterocycles. The predicted octanol–water partition coefficient (Wildman–Crippen LogP) is 7.56. The lowest BCUT2D eigenvalue weighted by atomic mass is 10.0. The van der Waals surface area contributed by atoms with Crippen molar-refractivity contribution in [2.75, 3.05) is 39.1 Å². The van der Waals surface area contributed by atoms with E-state index in [9.17, 15) is 0 Å². The molecule has 0 aromatic heterocycles. The lowest BCUT2D eigenvalue weighted by Crippen LogP contribution is -2.45. The van der Waals surface area contributed by atoms with Gasteiger partial charge < -0.3 is 29.2 Å². The maximum absolute atomic E-state index is 15.7. The lowest BCUT2D eigenvalue weighted by molar-refractivity contribution is 0.391. The fraction of sp³-hybridized carbons (Fsp3) is 0.306. The van der Waals surface area contributed by atoms with Crippen molar-refractivity contribution >= 4 is 23.3 Å². The highest BCUT2D eigenvalue weighted by molar-refractivity contribution is 8.00. The fourth-order valence-electron chi connectivity index (χ4n) is 5.37. The Morgan fingerprint density at radius 3 is 1.96 bits per heavy atom. The van der Waals surface area contributed by atoms with Gasteiger partial charge in [0.15, 0.2) is 0 Å². The van der Waals surface area contributed by atoms with Gasteiger partial charge in [0.2, 0.25) is 0 Å². The van der Waals surface area contributed by atoms with Crippen molar-refractivity contribution in [3.8, 4) is 23.0 Å². The molecule has 1 heterocycles. The first-order valence-electron chi connectivity index (χ1n) is 14.8. The van der Waals surface area contributed by atoms with Crippen LogP contribution in [0.1, 0.15) is 35.6 Å². The number of nitrogens with one attached hydrogen (secondary N) is 1. The number of ether oxygens (including phenoxy) is 4. The van der Waals surface area contributed by atoms with Crippen molar-refractivity contribution in [3.05, 3.63) is 113 Å². The highest BCUT2D eigenvalue weighted by Crippen LogP contribution is 2.40. The quantitative estimate of drug-likeness (QED) is 0.174. The fourth-order valence-corrected chi connectivity index (χ4v) is 6.57. The van der Waals surface area contributed by atoms with Crippen LogP contribution in [0.5, 0.6) is 23.0 Å². The summed E-state index contributed by atoms with van der Waals surface area (Å²) in [5.41, 5.74) is 4.71. The number of hydrogen-bond donors (Lipinski definition) is 1. The largest absolute Gasteiger partial charge is 0.497 e. The van der Waals surface area contributed by atoms with Gasteiger partial charge in [0.25, 0.3) is 0 Å². The van der Waals surface area contributed by atoms with E-state index in [1.165, 1.54) is 0 Å². The molecular formula is C36H40FN3O4S. The molecule has 0 saturated carbocycles. The summed E-state index contributed by atoms with van der Waals surface area (Å²) in [6.45, 7) is 3.74. The second-order valence-corrected chi connectivity index (χ2v) is 12.4. The third kappa shape index (κ3) is 7.84. The van der Waals surface area contributed by atoms with Crippen molar-refractivity contribution in [2.24, 2.45) is 4.99 Å². The third-order valence-corrected chi connectivity index (χ3v) is 9.25. The van der Waals surface area contributed by atoms with Gasteiger partial charge >= 0.3 is 0 Å². The van der Waals surface area contributed by atoms with Crippen LogP contribution >= 0.6 is 11.8 Å². The number of amidine groups is 1. The third-order valence-electron chi connectivity index (χ3n) is 7.94. The van der Waals surface area contributed by atoms with E-state index in [4.69, 9.17) is 23.9 Å². The zero-order chi connectivity index (χ0) is 31.8. The Hall–Kier alpha value is -4.37. The number of methoxy groups -OCH3 is 4. The lowest BCUT2D eigenvalue weighted by Gasteiger charge is -2.37. The van der Waals surface area contributed by atoms with Crippen LogP contribution in [0.3, 0.4) is 0 Å². The number of halogens is 1. The molecule has 5 rings (SSSR count). The smallest absolute Gasteiger partial charge is 0.129 e. The summed E-state index contributed by atoms with van der Waals surface area (Å²) >= 11 is 1.69. The van der Waals surface area contributed by atoms with Gasteiger partial charge in [-0.05, 0) is 72.6 Å². The van der Waals surface area contributed by atoms with E-state index in [2.05, 4.69) is 34.5 Å². The number of rotatable bonds is 12. The summed E-state index contributed by atoms with van der Waals surface area (Å²) in [6, 6.07) is 27.2. The molecule has 4 aromatic rings. The minimum Gasteiger partial charge on any atom is -0.497 e. The Labute approximate surface area is 269 Å². The van der Waals surface area contributed by atoms with Crippen LogP contribution in [0, 0.1) is 5.82 Å². The van der Waals surface area contributed by atoms with Gasteiger partial charge in [-0.2, -0.15) is 0 Å². The summed E-state index contributed by atoms with van der Waals surface area (Å²) < 4.78 is 37.3. The van der Waals surface area contributed by atoms with Crippen LogP contribution in [0.25, 0.3) is 0 Å². The SMILES string of the molecule is COc1ccc(CN(Cc2ccc(OC)cc2)c2ccc(F)c(C3(C)NC(=NCc4ccc(OC)cc4OC)CCS3)c2)cc1.